The number of nitrogens with zero attached hydrogens (tertiary/aromatic N) is 1. The average Bonchev–Trinajstić information content (AvgIpc) is 3.33. The van der Waals surface area contributed by atoms with Gasteiger partial charge in [0.2, 0.25) is 5.91 Å². The Labute approximate surface area is 182 Å². The van der Waals surface area contributed by atoms with Crippen LogP contribution in [0.2, 0.25) is 0 Å². The number of fused-ring (bicyclic) bond motifs is 1. The molecule has 3 aliphatic rings. The number of benzene rings is 1. The molecule has 30 heavy (non-hydrogen) atoms. The molecule has 4 rings (SSSR count). The quantitative estimate of drug-likeness (QED) is 0.702. The van der Waals surface area contributed by atoms with Crippen molar-refractivity contribution < 1.29 is 4.79 Å². The van der Waals surface area contributed by atoms with Crippen molar-refractivity contribution in [3.63, 3.8) is 0 Å². The van der Waals surface area contributed by atoms with E-state index in [9.17, 15) is 4.79 Å². The van der Waals surface area contributed by atoms with Crippen LogP contribution in [0.25, 0.3) is 0 Å². The number of nitrogens with one attached hydrogen (secondary N) is 2. The zero-order valence-corrected chi connectivity index (χ0v) is 19.3. The number of allylic oxidation sites excluding steroid dienone is 1. The van der Waals surface area contributed by atoms with Crippen LogP contribution in [0.3, 0.4) is 0 Å². The predicted octanol–water partition coefficient (Wildman–Crippen LogP) is 3.85. The van der Waals surface area contributed by atoms with E-state index in [0.717, 1.165) is 38.8 Å². The van der Waals surface area contributed by atoms with Crippen LogP contribution in [0.4, 0.5) is 0 Å². The Balaban J connectivity index is 1.38. The number of hydrogen-bond acceptors (Lipinski definition) is 3. The van der Waals surface area contributed by atoms with Crippen LogP contribution in [0.1, 0.15) is 64.0 Å². The molecule has 164 valence electrons. The standard InChI is InChI=1S/C26H39N3O/c1-18-8-7-12-26(2,3)23(18)11-13-28-21-16-24(25(30)27-4)29(17-21)22-14-19-9-5-6-10-20(19)15-22/h5-6,9-10,21-22,24,28H,7-8,11-17H2,1-4H3,(H,27,30)/t21-,24-/m0/s1. The molecule has 2 aliphatic carbocycles. The highest BCUT2D eigenvalue weighted by atomic mass is 16.2. The number of likely N-dealkylation sites (N-methyl/N-ethyl adjacent to an activating group) is 1. The first-order valence-electron chi connectivity index (χ1n) is 11.9. The number of likely N-dealkylation sites (tertiary alicyclic amines) is 1. The van der Waals surface area contributed by atoms with E-state index in [1.807, 2.05) is 0 Å². The second-order valence-corrected chi connectivity index (χ2v) is 10.3. The second kappa shape index (κ2) is 8.84. The molecule has 0 bridgehead atoms. The minimum absolute atomic E-state index is 0.0149. The third-order valence-corrected chi connectivity index (χ3v) is 7.88. The van der Waals surface area contributed by atoms with Crippen molar-refractivity contribution in [1.29, 1.82) is 0 Å². The third kappa shape index (κ3) is 4.36. The molecule has 1 aromatic carbocycles. The second-order valence-electron chi connectivity index (χ2n) is 10.3. The fraction of sp³-hybridized carbons (Fsp3) is 0.654. The Morgan fingerprint density at radius 2 is 1.90 bits per heavy atom. The molecular weight excluding hydrogens is 370 g/mol. The van der Waals surface area contributed by atoms with Crippen molar-refractivity contribution >= 4 is 5.91 Å². The summed E-state index contributed by atoms with van der Waals surface area (Å²) >= 11 is 0. The molecule has 0 aromatic heterocycles. The Bertz CT molecular complexity index is 787. The van der Waals surface area contributed by atoms with Gasteiger partial charge in [-0.3, -0.25) is 9.69 Å². The van der Waals surface area contributed by atoms with Crippen molar-refractivity contribution in [3.8, 4) is 0 Å². The number of hydrogen-bond donors (Lipinski definition) is 2. The summed E-state index contributed by atoms with van der Waals surface area (Å²) in [7, 11) is 1.77. The molecule has 1 heterocycles. The van der Waals surface area contributed by atoms with E-state index in [0.29, 0.717) is 17.5 Å². The van der Waals surface area contributed by atoms with Gasteiger partial charge in [0.15, 0.2) is 0 Å². The van der Waals surface area contributed by atoms with E-state index in [4.69, 9.17) is 0 Å². The van der Waals surface area contributed by atoms with Crippen LogP contribution >= 0.6 is 0 Å². The first-order valence-corrected chi connectivity index (χ1v) is 11.9. The van der Waals surface area contributed by atoms with Crippen molar-refractivity contribution in [3.05, 3.63) is 46.5 Å². The summed E-state index contributed by atoms with van der Waals surface area (Å²) in [4.78, 5) is 15.1. The summed E-state index contributed by atoms with van der Waals surface area (Å²) in [5.41, 5.74) is 6.51. The summed E-state index contributed by atoms with van der Waals surface area (Å²) in [5.74, 6) is 0.169. The van der Waals surface area contributed by atoms with Gasteiger partial charge >= 0.3 is 0 Å². The molecule has 4 nitrogen and oxygen atoms in total. The summed E-state index contributed by atoms with van der Waals surface area (Å²) in [6.45, 7) is 9.12. The zero-order chi connectivity index (χ0) is 21.3. The molecule has 1 aliphatic heterocycles. The van der Waals surface area contributed by atoms with Crippen molar-refractivity contribution in [2.45, 2.75) is 83.8 Å². The van der Waals surface area contributed by atoms with E-state index < -0.39 is 0 Å². The molecule has 1 amide bonds. The first-order chi connectivity index (χ1) is 14.4. The number of carbonyl (C=O) groups is 1. The highest BCUT2D eigenvalue weighted by Crippen LogP contribution is 2.41. The maximum absolute atomic E-state index is 12.7. The largest absolute Gasteiger partial charge is 0.358 e. The Hall–Kier alpha value is -1.65. The van der Waals surface area contributed by atoms with Crippen LogP contribution in [-0.4, -0.2) is 49.1 Å². The SMILES string of the molecule is CNC(=O)[C@@H]1C[C@H](NCCC2=C(C)CCCC2(C)C)CN1C1Cc2ccccc2C1. The van der Waals surface area contributed by atoms with Gasteiger partial charge in [-0.1, -0.05) is 49.3 Å². The Morgan fingerprint density at radius 3 is 2.53 bits per heavy atom. The van der Waals surface area contributed by atoms with Crippen LogP contribution in [0.15, 0.2) is 35.4 Å². The van der Waals surface area contributed by atoms with Gasteiger partial charge in [0, 0.05) is 25.7 Å². The van der Waals surface area contributed by atoms with Crippen LogP contribution in [0.5, 0.6) is 0 Å². The normalized spacial score (nSPS) is 26.8. The van der Waals surface area contributed by atoms with E-state index in [2.05, 4.69) is 60.6 Å². The molecule has 0 unspecified atom stereocenters. The summed E-state index contributed by atoms with van der Waals surface area (Å²) in [6, 6.07) is 9.58. The van der Waals surface area contributed by atoms with Gasteiger partial charge in [0.1, 0.15) is 0 Å². The number of rotatable bonds is 6. The molecule has 1 saturated heterocycles. The smallest absolute Gasteiger partial charge is 0.237 e. The molecule has 0 spiro atoms. The van der Waals surface area contributed by atoms with E-state index in [1.54, 1.807) is 18.2 Å². The van der Waals surface area contributed by atoms with Gasteiger partial charge in [0.25, 0.3) is 0 Å². The molecule has 0 radical (unpaired) electrons. The van der Waals surface area contributed by atoms with Gasteiger partial charge < -0.3 is 10.6 Å². The van der Waals surface area contributed by atoms with Gasteiger partial charge in [-0.25, -0.2) is 0 Å². The maximum Gasteiger partial charge on any atom is 0.237 e. The minimum atomic E-state index is -0.0149. The summed E-state index contributed by atoms with van der Waals surface area (Å²) in [5, 5.41) is 6.73. The summed E-state index contributed by atoms with van der Waals surface area (Å²) in [6.07, 6.45) is 8.07. The molecule has 2 atom stereocenters. The molecule has 1 aromatic rings. The third-order valence-electron chi connectivity index (χ3n) is 7.88. The maximum atomic E-state index is 12.7. The van der Waals surface area contributed by atoms with Gasteiger partial charge in [-0.15, -0.1) is 0 Å². The average molecular weight is 410 g/mol. The molecule has 1 fully saturated rings. The van der Waals surface area contributed by atoms with E-state index in [-0.39, 0.29) is 11.9 Å². The molecule has 2 N–H and O–H groups in total. The van der Waals surface area contributed by atoms with Gasteiger partial charge in [-0.2, -0.15) is 0 Å². The van der Waals surface area contributed by atoms with E-state index >= 15 is 0 Å². The first kappa shape index (κ1) is 21.6. The Kier molecular flexibility index (Phi) is 6.36. The summed E-state index contributed by atoms with van der Waals surface area (Å²) < 4.78 is 0. The molecular formula is C26H39N3O. The topological polar surface area (TPSA) is 44.4 Å². The van der Waals surface area contributed by atoms with Crippen molar-refractivity contribution in [2.24, 2.45) is 5.41 Å². The highest BCUT2D eigenvalue weighted by molar-refractivity contribution is 5.82. The lowest BCUT2D eigenvalue weighted by Crippen LogP contribution is -2.47. The predicted molar refractivity (Wildman–Crippen MR) is 124 cm³/mol. The lowest BCUT2D eigenvalue weighted by atomic mass is 9.71. The van der Waals surface area contributed by atoms with Crippen LogP contribution in [0, 0.1) is 5.41 Å². The fourth-order valence-electron chi connectivity index (χ4n) is 6.23. The van der Waals surface area contributed by atoms with Crippen molar-refractivity contribution in [1.82, 2.24) is 15.5 Å². The van der Waals surface area contributed by atoms with Crippen LogP contribution < -0.4 is 10.6 Å². The van der Waals surface area contributed by atoms with E-state index in [1.165, 1.54) is 30.4 Å². The zero-order valence-electron chi connectivity index (χ0n) is 19.3. The lowest BCUT2D eigenvalue weighted by Gasteiger charge is -2.35. The van der Waals surface area contributed by atoms with Crippen molar-refractivity contribution in [2.75, 3.05) is 20.1 Å². The van der Waals surface area contributed by atoms with Gasteiger partial charge in [0.05, 0.1) is 6.04 Å². The molecule has 4 heteroatoms. The number of amides is 1. The lowest BCUT2D eigenvalue weighted by molar-refractivity contribution is -0.125. The number of carbonyl (C=O) groups excluding carboxylic acids is 1. The Morgan fingerprint density at radius 1 is 1.20 bits per heavy atom. The fourth-order valence-corrected chi connectivity index (χ4v) is 6.23. The minimum Gasteiger partial charge on any atom is -0.358 e. The monoisotopic (exact) mass is 409 g/mol. The highest BCUT2D eigenvalue weighted by Gasteiger charge is 2.41. The van der Waals surface area contributed by atoms with Gasteiger partial charge in [-0.05, 0) is 75.0 Å². The van der Waals surface area contributed by atoms with Crippen LogP contribution in [-0.2, 0) is 17.6 Å². The molecule has 0 saturated carbocycles.